The number of benzene rings is 1. The van der Waals surface area contributed by atoms with Crippen LogP contribution in [0.1, 0.15) is 13.8 Å². The van der Waals surface area contributed by atoms with Crippen LogP contribution in [0.15, 0.2) is 29.4 Å². The van der Waals surface area contributed by atoms with Crippen molar-refractivity contribution in [2.75, 3.05) is 18.4 Å². The number of amidine groups is 1. The summed E-state index contributed by atoms with van der Waals surface area (Å²) in [6, 6.07) is 6.61. The summed E-state index contributed by atoms with van der Waals surface area (Å²) in [5.41, 5.74) is 6.18. The summed E-state index contributed by atoms with van der Waals surface area (Å²) in [5, 5.41) is 14.9. The molecule has 2 amide bonds. The second-order valence-corrected chi connectivity index (χ2v) is 4.84. The van der Waals surface area contributed by atoms with E-state index in [1.165, 1.54) is 0 Å². The fourth-order valence-corrected chi connectivity index (χ4v) is 1.74. The highest BCUT2D eigenvalue weighted by molar-refractivity contribution is 6.30. The molecule has 0 saturated carbocycles. The first-order chi connectivity index (χ1) is 9.47. The number of hydrogen-bond acceptors (Lipinski definition) is 3. The summed E-state index contributed by atoms with van der Waals surface area (Å²) in [6.45, 7) is 4.53. The molecular formula is C13H19ClN4O2. The van der Waals surface area contributed by atoms with Crippen molar-refractivity contribution in [1.29, 1.82) is 0 Å². The Kier molecular flexibility index (Phi) is 6.11. The minimum absolute atomic E-state index is 0.0998. The molecule has 1 rings (SSSR count). The summed E-state index contributed by atoms with van der Waals surface area (Å²) < 4.78 is 0. The molecule has 4 N–H and O–H groups in total. The molecule has 1 unspecified atom stereocenters. The van der Waals surface area contributed by atoms with Gasteiger partial charge in [-0.05, 0) is 31.2 Å². The molecule has 0 fully saturated rings. The number of nitrogens with one attached hydrogen (secondary N) is 1. The van der Waals surface area contributed by atoms with Gasteiger partial charge in [-0.25, -0.2) is 4.79 Å². The lowest BCUT2D eigenvalue weighted by molar-refractivity contribution is 0.210. The third-order valence-corrected chi connectivity index (χ3v) is 3.13. The summed E-state index contributed by atoms with van der Waals surface area (Å²) in [6.07, 6.45) is 0. The lowest BCUT2D eigenvalue weighted by Gasteiger charge is -2.24. The van der Waals surface area contributed by atoms with Crippen molar-refractivity contribution in [3.63, 3.8) is 0 Å². The van der Waals surface area contributed by atoms with Crippen LogP contribution in [0.3, 0.4) is 0 Å². The number of anilines is 1. The second kappa shape index (κ2) is 7.59. The van der Waals surface area contributed by atoms with E-state index in [4.69, 9.17) is 22.5 Å². The van der Waals surface area contributed by atoms with E-state index in [0.29, 0.717) is 23.8 Å². The van der Waals surface area contributed by atoms with Crippen LogP contribution in [0, 0.1) is 5.92 Å². The molecule has 0 heterocycles. The molecule has 1 aromatic rings. The van der Waals surface area contributed by atoms with E-state index in [9.17, 15) is 4.79 Å². The first-order valence-electron chi connectivity index (χ1n) is 6.26. The first kappa shape index (κ1) is 16.1. The summed E-state index contributed by atoms with van der Waals surface area (Å²) in [4.78, 5) is 13.7. The van der Waals surface area contributed by atoms with Gasteiger partial charge in [-0.15, -0.1) is 0 Å². The van der Waals surface area contributed by atoms with E-state index in [-0.39, 0.29) is 17.8 Å². The maximum Gasteiger partial charge on any atom is 0.321 e. The van der Waals surface area contributed by atoms with Crippen LogP contribution in [-0.2, 0) is 0 Å². The van der Waals surface area contributed by atoms with Gasteiger partial charge in [0.1, 0.15) is 5.84 Å². The number of nitrogens with zero attached hydrogens (tertiary/aromatic N) is 2. The molecule has 0 aliphatic carbocycles. The zero-order valence-electron chi connectivity index (χ0n) is 11.5. The molecule has 1 atom stereocenters. The molecule has 1 aromatic carbocycles. The molecule has 0 radical (unpaired) electrons. The number of nitrogens with two attached hydrogens (primary N) is 1. The predicted molar refractivity (Wildman–Crippen MR) is 80.3 cm³/mol. The van der Waals surface area contributed by atoms with Gasteiger partial charge in [-0.2, -0.15) is 0 Å². The lowest BCUT2D eigenvalue weighted by atomic mass is 10.1. The van der Waals surface area contributed by atoms with Crippen LogP contribution in [0.2, 0.25) is 5.02 Å². The molecule has 0 aliphatic rings. The van der Waals surface area contributed by atoms with Gasteiger partial charge < -0.3 is 21.2 Å². The number of carbonyl (C=O) groups excluding carboxylic acids is 1. The molecule has 0 aromatic heterocycles. The van der Waals surface area contributed by atoms with Crippen molar-refractivity contribution >= 4 is 29.2 Å². The van der Waals surface area contributed by atoms with Crippen molar-refractivity contribution in [2.45, 2.75) is 13.8 Å². The average molecular weight is 299 g/mol. The van der Waals surface area contributed by atoms with E-state index in [1.54, 1.807) is 36.1 Å². The van der Waals surface area contributed by atoms with Gasteiger partial charge in [0, 0.05) is 29.7 Å². The van der Waals surface area contributed by atoms with Crippen LogP contribution >= 0.6 is 11.6 Å². The minimum atomic E-state index is -0.243. The van der Waals surface area contributed by atoms with Crippen molar-refractivity contribution in [1.82, 2.24) is 4.90 Å². The van der Waals surface area contributed by atoms with Gasteiger partial charge in [0.2, 0.25) is 0 Å². The quantitative estimate of drug-likeness (QED) is 0.338. The monoisotopic (exact) mass is 298 g/mol. The third-order valence-electron chi connectivity index (χ3n) is 2.88. The molecule has 0 aliphatic heterocycles. The highest BCUT2D eigenvalue weighted by atomic mass is 35.5. The van der Waals surface area contributed by atoms with Crippen molar-refractivity contribution in [2.24, 2.45) is 16.8 Å². The Bertz CT molecular complexity index is 476. The summed E-state index contributed by atoms with van der Waals surface area (Å²) >= 11 is 5.78. The topological polar surface area (TPSA) is 90.9 Å². The Morgan fingerprint density at radius 3 is 2.60 bits per heavy atom. The highest BCUT2D eigenvalue weighted by Gasteiger charge is 2.17. The largest absolute Gasteiger partial charge is 0.409 e. The van der Waals surface area contributed by atoms with E-state index in [2.05, 4.69) is 10.5 Å². The molecule has 20 heavy (non-hydrogen) atoms. The fourth-order valence-electron chi connectivity index (χ4n) is 1.61. The standard InChI is InChI=1S/C13H19ClN4O2/c1-3-18(8-9(2)12(15)17-20)13(19)16-11-6-4-10(14)5-7-11/h4-7,9,20H,3,8H2,1-2H3,(H2,15,17)(H,16,19). The number of halogens is 1. The third kappa shape index (κ3) is 4.62. The Morgan fingerprint density at radius 2 is 2.10 bits per heavy atom. The smallest absolute Gasteiger partial charge is 0.321 e. The van der Waals surface area contributed by atoms with Crippen molar-refractivity contribution in [3.8, 4) is 0 Å². The van der Waals surface area contributed by atoms with Crippen molar-refractivity contribution < 1.29 is 10.0 Å². The molecule has 6 nitrogen and oxygen atoms in total. The van der Waals surface area contributed by atoms with Crippen LogP contribution in [0.5, 0.6) is 0 Å². The van der Waals surface area contributed by atoms with E-state index >= 15 is 0 Å². The normalized spacial score (nSPS) is 12.8. The van der Waals surface area contributed by atoms with E-state index in [1.807, 2.05) is 6.92 Å². The zero-order valence-corrected chi connectivity index (χ0v) is 12.3. The van der Waals surface area contributed by atoms with Gasteiger partial charge in [0.25, 0.3) is 0 Å². The van der Waals surface area contributed by atoms with E-state index < -0.39 is 0 Å². The van der Waals surface area contributed by atoms with Crippen LogP contribution in [0.25, 0.3) is 0 Å². The summed E-state index contributed by atoms with van der Waals surface area (Å²) in [5.74, 6) is -0.126. The van der Waals surface area contributed by atoms with Gasteiger partial charge in [0.15, 0.2) is 0 Å². The van der Waals surface area contributed by atoms with Crippen molar-refractivity contribution in [3.05, 3.63) is 29.3 Å². The Labute approximate surface area is 123 Å². The maximum absolute atomic E-state index is 12.1. The second-order valence-electron chi connectivity index (χ2n) is 4.40. The average Bonchev–Trinajstić information content (AvgIpc) is 2.45. The van der Waals surface area contributed by atoms with Gasteiger partial charge in [-0.3, -0.25) is 0 Å². The number of urea groups is 1. The Balaban J connectivity index is 2.65. The summed E-state index contributed by atoms with van der Waals surface area (Å²) in [7, 11) is 0. The number of carbonyl (C=O) groups is 1. The molecule has 110 valence electrons. The molecule has 0 bridgehead atoms. The predicted octanol–water partition coefficient (Wildman–Crippen LogP) is 2.58. The fraction of sp³-hybridized carbons (Fsp3) is 0.385. The van der Waals surface area contributed by atoms with Crippen LogP contribution in [0.4, 0.5) is 10.5 Å². The van der Waals surface area contributed by atoms with Gasteiger partial charge >= 0.3 is 6.03 Å². The first-order valence-corrected chi connectivity index (χ1v) is 6.64. The maximum atomic E-state index is 12.1. The molecule has 7 heteroatoms. The number of rotatable bonds is 5. The molecule has 0 spiro atoms. The number of hydrogen-bond donors (Lipinski definition) is 3. The van der Waals surface area contributed by atoms with E-state index in [0.717, 1.165) is 0 Å². The zero-order chi connectivity index (χ0) is 15.1. The Morgan fingerprint density at radius 1 is 1.50 bits per heavy atom. The SMILES string of the molecule is CCN(CC(C)C(N)=NO)C(=O)Nc1ccc(Cl)cc1. The van der Waals surface area contributed by atoms with Gasteiger partial charge in [-0.1, -0.05) is 23.7 Å². The lowest BCUT2D eigenvalue weighted by Crippen LogP contribution is -2.41. The Hall–Kier alpha value is -1.95. The number of amides is 2. The number of oxime groups is 1. The minimum Gasteiger partial charge on any atom is -0.409 e. The highest BCUT2D eigenvalue weighted by Crippen LogP contribution is 2.14. The van der Waals surface area contributed by atoms with Crippen LogP contribution < -0.4 is 11.1 Å². The molecular weight excluding hydrogens is 280 g/mol. The van der Waals surface area contributed by atoms with Gasteiger partial charge in [0.05, 0.1) is 0 Å². The van der Waals surface area contributed by atoms with Crippen LogP contribution in [-0.4, -0.2) is 35.1 Å². The molecule has 0 saturated heterocycles.